The molecule has 2 amide bonds. The van der Waals surface area contributed by atoms with Gasteiger partial charge in [-0.15, -0.1) is 0 Å². The lowest BCUT2D eigenvalue weighted by Crippen LogP contribution is -2.24. The summed E-state index contributed by atoms with van der Waals surface area (Å²) in [5.41, 5.74) is 5.78. The summed E-state index contributed by atoms with van der Waals surface area (Å²) in [5, 5.41) is 7.13. The fraction of sp³-hybridized carbons (Fsp3) is 0.167. The molecule has 3 rings (SSSR count). The number of amides is 2. The van der Waals surface area contributed by atoms with Crippen molar-refractivity contribution in [3.63, 3.8) is 0 Å². The van der Waals surface area contributed by atoms with Crippen molar-refractivity contribution < 1.29 is 14.3 Å². The van der Waals surface area contributed by atoms with E-state index in [1.165, 1.54) is 6.21 Å². The summed E-state index contributed by atoms with van der Waals surface area (Å²) >= 11 is 9.87. The number of benzene rings is 3. The second-order valence-corrected chi connectivity index (χ2v) is 8.14. The van der Waals surface area contributed by atoms with Crippen molar-refractivity contribution in [3.05, 3.63) is 86.8 Å². The number of hydrogen-bond donors (Lipinski definition) is 2. The van der Waals surface area contributed by atoms with E-state index >= 15 is 0 Å². The molecule has 3 aromatic carbocycles. The van der Waals surface area contributed by atoms with Gasteiger partial charge in [0.05, 0.1) is 17.8 Å². The normalized spacial score (nSPS) is 10.8. The Bertz CT molecular complexity index is 1100. The molecule has 166 valence electrons. The van der Waals surface area contributed by atoms with Crippen molar-refractivity contribution in [2.45, 2.75) is 20.5 Å². The molecule has 0 aromatic heterocycles. The fourth-order valence-electron chi connectivity index (χ4n) is 2.83. The smallest absolute Gasteiger partial charge is 0.339 e. The molecule has 0 heterocycles. The molecule has 0 spiro atoms. The Hall–Kier alpha value is -3.03. The zero-order chi connectivity index (χ0) is 22.9. The van der Waals surface area contributed by atoms with Crippen LogP contribution in [0, 0.1) is 6.92 Å². The number of aryl methyl sites for hydroxylation is 1. The maximum absolute atomic E-state index is 12.1. The topological polar surface area (TPSA) is 72.0 Å². The molecule has 0 saturated carbocycles. The second-order valence-electron chi connectivity index (χ2n) is 6.82. The molecule has 0 aliphatic carbocycles. The van der Waals surface area contributed by atoms with E-state index in [0.29, 0.717) is 41.0 Å². The number of para-hydroxylation sites is 1. The van der Waals surface area contributed by atoms with Gasteiger partial charge >= 0.3 is 6.03 Å². The molecular weight excluding hydrogens is 494 g/mol. The molecule has 8 heteroatoms. The third kappa shape index (κ3) is 6.73. The predicted octanol–water partition coefficient (Wildman–Crippen LogP) is 6.54. The van der Waals surface area contributed by atoms with Gasteiger partial charge in [-0.05, 0) is 60.9 Å². The first-order valence-corrected chi connectivity index (χ1v) is 11.1. The van der Waals surface area contributed by atoms with Crippen molar-refractivity contribution in [2.24, 2.45) is 5.10 Å². The van der Waals surface area contributed by atoms with Crippen LogP contribution < -0.4 is 20.2 Å². The number of hydrogen-bond acceptors (Lipinski definition) is 4. The van der Waals surface area contributed by atoms with Gasteiger partial charge in [0.2, 0.25) is 0 Å². The van der Waals surface area contributed by atoms with Crippen LogP contribution in [0.2, 0.25) is 5.02 Å². The third-order valence-corrected chi connectivity index (χ3v) is 5.21. The number of halogens is 2. The van der Waals surface area contributed by atoms with Crippen LogP contribution >= 0.6 is 27.5 Å². The van der Waals surface area contributed by atoms with E-state index in [1.807, 2.05) is 62.4 Å². The lowest BCUT2D eigenvalue weighted by atomic mass is 10.2. The number of urea groups is 1. The standard InChI is InChI=1S/C24H23BrClN3O3/c1-3-31-22-13-18(14-27-29-24(30)28-21-7-5-4-6-16(21)2)12-20(26)23(22)32-15-17-8-10-19(25)11-9-17/h4-14H,3,15H2,1-2H3,(H2,28,29,30). The van der Waals surface area contributed by atoms with Gasteiger partial charge in [0, 0.05) is 10.2 Å². The largest absolute Gasteiger partial charge is 0.490 e. The van der Waals surface area contributed by atoms with Gasteiger partial charge in [-0.3, -0.25) is 0 Å². The molecule has 6 nitrogen and oxygen atoms in total. The van der Waals surface area contributed by atoms with Crippen molar-refractivity contribution in [1.29, 1.82) is 0 Å². The van der Waals surface area contributed by atoms with Gasteiger partial charge in [-0.1, -0.05) is 57.9 Å². The Morgan fingerprint density at radius 3 is 2.59 bits per heavy atom. The average molecular weight is 517 g/mol. The minimum atomic E-state index is -0.443. The van der Waals surface area contributed by atoms with Crippen LogP contribution in [0.25, 0.3) is 0 Å². The zero-order valence-electron chi connectivity index (χ0n) is 17.7. The number of nitrogens with zero attached hydrogens (tertiary/aromatic N) is 1. The van der Waals surface area contributed by atoms with Crippen LogP contribution in [0.3, 0.4) is 0 Å². The lowest BCUT2D eigenvalue weighted by Gasteiger charge is -2.14. The van der Waals surface area contributed by atoms with E-state index in [-0.39, 0.29) is 0 Å². The van der Waals surface area contributed by atoms with Crippen molar-refractivity contribution >= 4 is 45.5 Å². The van der Waals surface area contributed by atoms with Crippen LogP contribution in [0.4, 0.5) is 10.5 Å². The molecule has 0 bridgehead atoms. The molecule has 0 saturated heterocycles. The van der Waals surface area contributed by atoms with E-state index in [1.54, 1.807) is 12.1 Å². The maximum atomic E-state index is 12.1. The first-order valence-electron chi connectivity index (χ1n) is 9.95. The van der Waals surface area contributed by atoms with Crippen molar-refractivity contribution in [2.75, 3.05) is 11.9 Å². The van der Waals surface area contributed by atoms with E-state index < -0.39 is 6.03 Å². The van der Waals surface area contributed by atoms with Crippen LogP contribution in [0.1, 0.15) is 23.6 Å². The van der Waals surface area contributed by atoms with Crippen molar-refractivity contribution in [1.82, 2.24) is 5.43 Å². The molecule has 0 atom stereocenters. The first-order chi connectivity index (χ1) is 15.5. The van der Waals surface area contributed by atoms with Gasteiger partial charge in [0.25, 0.3) is 0 Å². The molecule has 0 aliphatic heterocycles. The third-order valence-electron chi connectivity index (χ3n) is 4.40. The minimum absolute atomic E-state index is 0.348. The van der Waals surface area contributed by atoms with Crippen LogP contribution in [-0.2, 0) is 6.61 Å². The molecular formula is C24H23BrClN3O3. The van der Waals surface area contributed by atoms with Crippen LogP contribution in [-0.4, -0.2) is 18.9 Å². The lowest BCUT2D eigenvalue weighted by molar-refractivity contribution is 0.252. The van der Waals surface area contributed by atoms with E-state index in [4.69, 9.17) is 21.1 Å². The Kier molecular flexibility index (Phi) is 8.53. The summed E-state index contributed by atoms with van der Waals surface area (Å²) in [6.45, 7) is 4.59. The van der Waals surface area contributed by atoms with Gasteiger partial charge < -0.3 is 14.8 Å². The molecule has 2 N–H and O–H groups in total. The second kappa shape index (κ2) is 11.5. The molecule has 3 aromatic rings. The fourth-order valence-corrected chi connectivity index (χ4v) is 3.37. The Balaban J connectivity index is 1.67. The number of rotatable bonds is 8. The summed E-state index contributed by atoms with van der Waals surface area (Å²) in [4.78, 5) is 12.1. The number of carbonyl (C=O) groups is 1. The highest BCUT2D eigenvalue weighted by Gasteiger charge is 2.13. The minimum Gasteiger partial charge on any atom is -0.490 e. The molecule has 0 radical (unpaired) electrons. The number of anilines is 1. The quantitative estimate of drug-likeness (QED) is 0.264. The number of nitrogens with one attached hydrogen (secondary N) is 2. The van der Waals surface area contributed by atoms with Crippen molar-refractivity contribution in [3.8, 4) is 11.5 Å². The summed E-state index contributed by atoms with van der Waals surface area (Å²) in [6.07, 6.45) is 1.49. The van der Waals surface area contributed by atoms with E-state index in [9.17, 15) is 4.79 Å². The Morgan fingerprint density at radius 1 is 1.12 bits per heavy atom. The Labute approximate surface area is 200 Å². The summed E-state index contributed by atoms with van der Waals surface area (Å²) in [6, 6.07) is 18.3. The van der Waals surface area contributed by atoms with Gasteiger partial charge in [0.15, 0.2) is 11.5 Å². The zero-order valence-corrected chi connectivity index (χ0v) is 20.0. The van der Waals surface area contributed by atoms with Crippen LogP contribution in [0.5, 0.6) is 11.5 Å². The molecule has 0 unspecified atom stereocenters. The first kappa shape index (κ1) is 23.6. The number of hydrazone groups is 1. The predicted molar refractivity (Wildman–Crippen MR) is 132 cm³/mol. The average Bonchev–Trinajstić information content (AvgIpc) is 2.76. The SMILES string of the molecule is CCOc1cc(C=NNC(=O)Nc2ccccc2C)cc(Cl)c1OCc1ccc(Br)cc1. The highest BCUT2D eigenvalue weighted by Crippen LogP contribution is 2.37. The van der Waals surface area contributed by atoms with Gasteiger partial charge in [0.1, 0.15) is 6.61 Å². The molecule has 0 fully saturated rings. The van der Waals surface area contributed by atoms with Crippen LogP contribution in [0.15, 0.2) is 70.2 Å². The number of carbonyl (C=O) groups excluding carboxylic acids is 1. The highest BCUT2D eigenvalue weighted by molar-refractivity contribution is 9.10. The van der Waals surface area contributed by atoms with Gasteiger partial charge in [-0.2, -0.15) is 5.10 Å². The highest BCUT2D eigenvalue weighted by atomic mass is 79.9. The summed E-state index contributed by atoms with van der Waals surface area (Å²) < 4.78 is 12.6. The maximum Gasteiger partial charge on any atom is 0.339 e. The van der Waals surface area contributed by atoms with E-state index in [0.717, 1.165) is 15.6 Å². The van der Waals surface area contributed by atoms with E-state index in [2.05, 4.69) is 31.8 Å². The Morgan fingerprint density at radius 2 is 1.88 bits per heavy atom. The summed E-state index contributed by atoms with van der Waals surface area (Å²) in [5.74, 6) is 0.960. The number of ether oxygens (including phenoxy) is 2. The molecule has 0 aliphatic rings. The summed E-state index contributed by atoms with van der Waals surface area (Å²) in [7, 11) is 0. The van der Waals surface area contributed by atoms with Gasteiger partial charge in [-0.25, -0.2) is 10.2 Å². The monoisotopic (exact) mass is 515 g/mol. The molecule has 32 heavy (non-hydrogen) atoms.